The van der Waals surface area contributed by atoms with Crippen molar-refractivity contribution in [1.82, 2.24) is 5.32 Å². The lowest BCUT2D eigenvalue weighted by Crippen LogP contribution is -2.27. The molecule has 0 saturated heterocycles. The van der Waals surface area contributed by atoms with Crippen LogP contribution in [-0.2, 0) is 12.8 Å². The van der Waals surface area contributed by atoms with Crippen LogP contribution in [0.5, 0.6) is 0 Å². The summed E-state index contributed by atoms with van der Waals surface area (Å²) in [5.41, 5.74) is 4.37. The highest BCUT2D eigenvalue weighted by molar-refractivity contribution is 6.30. The van der Waals surface area contributed by atoms with E-state index in [4.69, 9.17) is 11.6 Å². The van der Waals surface area contributed by atoms with Gasteiger partial charge in [-0.2, -0.15) is 0 Å². The predicted molar refractivity (Wildman–Crippen MR) is 89.8 cm³/mol. The molecule has 1 N–H and O–H groups in total. The van der Waals surface area contributed by atoms with Crippen LogP contribution < -0.4 is 5.32 Å². The summed E-state index contributed by atoms with van der Waals surface area (Å²) < 4.78 is 0. The molecule has 2 aromatic carbocycles. The highest BCUT2D eigenvalue weighted by Gasteiger charge is 2.31. The van der Waals surface area contributed by atoms with Crippen LogP contribution in [0.15, 0.2) is 48.5 Å². The van der Waals surface area contributed by atoms with Gasteiger partial charge in [-0.05, 0) is 60.5 Å². The first-order chi connectivity index (χ1) is 10.3. The van der Waals surface area contributed by atoms with Crippen LogP contribution in [-0.4, -0.2) is 6.54 Å². The van der Waals surface area contributed by atoms with Crippen LogP contribution >= 0.6 is 11.6 Å². The Hall–Kier alpha value is -1.31. The Labute approximate surface area is 132 Å². The minimum absolute atomic E-state index is 0.483. The van der Waals surface area contributed by atoms with Gasteiger partial charge in [-0.25, -0.2) is 0 Å². The molecule has 0 amide bonds. The van der Waals surface area contributed by atoms with E-state index in [-0.39, 0.29) is 0 Å². The van der Waals surface area contributed by atoms with Gasteiger partial charge in [0, 0.05) is 11.1 Å². The Kier molecular flexibility index (Phi) is 4.62. The van der Waals surface area contributed by atoms with Gasteiger partial charge in [-0.1, -0.05) is 54.9 Å². The number of hydrogen-bond donors (Lipinski definition) is 1. The first kappa shape index (κ1) is 14.6. The molecule has 21 heavy (non-hydrogen) atoms. The van der Waals surface area contributed by atoms with Crippen molar-refractivity contribution in [3.05, 3.63) is 70.2 Å². The third kappa shape index (κ3) is 3.30. The molecule has 2 unspecified atom stereocenters. The van der Waals surface area contributed by atoms with Crippen LogP contribution in [0, 0.1) is 5.92 Å². The molecule has 2 aromatic rings. The van der Waals surface area contributed by atoms with E-state index in [9.17, 15) is 0 Å². The minimum atomic E-state index is 0.483. The van der Waals surface area contributed by atoms with Gasteiger partial charge in [-0.15, -0.1) is 0 Å². The molecule has 0 aliphatic heterocycles. The van der Waals surface area contributed by atoms with Crippen molar-refractivity contribution in [2.45, 2.75) is 32.2 Å². The molecule has 0 spiro atoms. The zero-order valence-corrected chi connectivity index (χ0v) is 13.2. The summed E-state index contributed by atoms with van der Waals surface area (Å²) in [5.74, 6) is 0.634. The van der Waals surface area contributed by atoms with Gasteiger partial charge in [0.2, 0.25) is 0 Å². The van der Waals surface area contributed by atoms with Crippen LogP contribution in [0.25, 0.3) is 0 Å². The van der Waals surface area contributed by atoms with Crippen LogP contribution in [0.2, 0.25) is 5.02 Å². The second kappa shape index (κ2) is 6.64. The first-order valence-corrected chi connectivity index (χ1v) is 8.21. The van der Waals surface area contributed by atoms with Crippen molar-refractivity contribution >= 4 is 11.6 Å². The average Bonchev–Trinajstić information content (AvgIpc) is 2.85. The van der Waals surface area contributed by atoms with Gasteiger partial charge in [0.25, 0.3) is 0 Å². The van der Waals surface area contributed by atoms with Gasteiger partial charge < -0.3 is 5.32 Å². The number of halogens is 1. The molecular formula is C19H22ClN. The fraction of sp³-hybridized carbons (Fsp3) is 0.368. The molecule has 0 fully saturated rings. The fourth-order valence-corrected chi connectivity index (χ4v) is 3.49. The third-order valence-corrected chi connectivity index (χ3v) is 4.62. The zero-order chi connectivity index (χ0) is 14.7. The molecule has 0 radical (unpaired) electrons. The Morgan fingerprint density at radius 3 is 2.62 bits per heavy atom. The second-order valence-electron chi connectivity index (χ2n) is 5.93. The highest BCUT2D eigenvalue weighted by Crippen LogP contribution is 2.38. The topological polar surface area (TPSA) is 12.0 Å². The maximum absolute atomic E-state index is 5.99. The summed E-state index contributed by atoms with van der Waals surface area (Å²) in [6, 6.07) is 17.6. The molecule has 1 aliphatic rings. The molecule has 3 rings (SSSR count). The molecule has 0 heterocycles. The van der Waals surface area contributed by atoms with Crippen LogP contribution in [0.3, 0.4) is 0 Å². The molecule has 2 heteroatoms. The fourth-order valence-electron chi connectivity index (χ4n) is 3.37. The Morgan fingerprint density at radius 2 is 1.86 bits per heavy atom. The molecule has 2 atom stereocenters. The molecule has 1 aliphatic carbocycles. The van der Waals surface area contributed by atoms with Crippen molar-refractivity contribution in [3.8, 4) is 0 Å². The van der Waals surface area contributed by atoms with E-state index < -0.39 is 0 Å². The zero-order valence-electron chi connectivity index (χ0n) is 12.5. The number of nitrogens with one attached hydrogen (secondary N) is 1. The van der Waals surface area contributed by atoms with Gasteiger partial charge in [0.1, 0.15) is 0 Å². The van der Waals surface area contributed by atoms with E-state index in [2.05, 4.69) is 48.6 Å². The molecule has 0 aromatic heterocycles. The van der Waals surface area contributed by atoms with E-state index in [1.165, 1.54) is 29.5 Å². The van der Waals surface area contributed by atoms with E-state index in [0.717, 1.165) is 18.0 Å². The molecule has 110 valence electrons. The average molecular weight is 300 g/mol. The second-order valence-corrected chi connectivity index (χ2v) is 6.36. The predicted octanol–water partition coefficient (Wildman–Crippen LogP) is 4.80. The minimum Gasteiger partial charge on any atom is -0.310 e. The SMILES string of the molecule is CCCNC1c2ccccc2CC1Cc1ccc(Cl)cc1. The van der Waals surface area contributed by atoms with Crippen LogP contribution in [0.1, 0.15) is 36.1 Å². The highest BCUT2D eigenvalue weighted by atomic mass is 35.5. The first-order valence-electron chi connectivity index (χ1n) is 7.83. The number of fused-ring (bicyclic) bond motifs is 1. The van der Waals surface area contributed by atoms with Gasteiger partial charge in [0.15, 0.2) is 0 Å². The normalized spacial score (nSPS) is 20.5. The maximum Gasteiger partial charge on any atom is 0.0406 e. The van der Waals surface area contributed by atoms with Crippen LogP contribution in [0.4, 0.5) is 0 Å². The Balaban J connectivity index is 1.79. The summed E-state index contributed by atoms with van der Waals surface area (Å²) in [7, 11) is 0. The van der Waals surface area contributed by atoms with Crippen molar-refractivity contribution in [3.63, 3.8) is 0 Å². The number of hydrogen-bond acceptors (Lipinski definition) is 1. The Morgan fingerprint density at radius 1 is 1.10 bits per heavy atom. The lowest BCUT2D eigenvalue weighted by Gasteiger charge is -2.22. The monoisotopic (exact) mass is 299 g/mol. The van der Waals surface area contributed by atoms with E-state index >= 15 is 0 Å². The van der Waals surface area contributed by atoms with Crippen molar-refractivity contribution < 1.29 is 0 Å². The molecule has 1 nitrogen and oxygen atoms in total. The summed E-state index contributed by atoms with van der Waals surface area (Å²) in [5, 5.41) is 4.56. The number of rotatable bonds is 5. The maximum atomic E-state index is 5.99. The molecular weight excluding hydrogens is 278 g/mol. The summed E-state index contributed by atoms with van der Waals surface area (Å²) >= 11 is 5.99. The number of benzene rings is 2. The quantitative estimate of drug-likeness (QED) is 0.836. The van der Waals surface area contributed by atoms with Crippen molar-refractivity contribution in [2.75, 3.05) is 6.54 Å². The summed E-state index contributed by atoms with van der Waals surface area (Å²) in [4.78, 5) is 0. The molecule has 0 saturated carbocycles. The van der Waals surface area contributed by atoms with Gasteiger partial charge in [0.05, 0.1) is 0 Å². The van der Waals surface area contributed by atoms with Gasteiger partial charge in [-0.3, -0.25) is 0 Å². The summed E-state index contributed by atoms with van der Waals surface area (Å²) in [6.07, 6.45) is 3.44. The Bertz CT molecular complexity index is 591. The van der Waals surface area contributed by atoms with E-state index in [1.807, 2.05) is 12.1 Å². The largest absolute Gasteiger partial charge is 0.310 e. The summed E-state index contributed by atoms with van der Waals surface area (Å²) in [6.45, 7) is 3.30. The van der Waals surface area contributed by atoms with Crippen molar-refractivity contribution in [2.24, 2.45) is 5.92 Å². The van der Waals surface area contributed by atoms with E-state index in [1.54, 1.807) is 0 Å². The van der Waals surface area contributed by atoms with Gasteiger partial charge >= 0.3 is 0 Å². The lowest BCUT2D eigenvalue weighted by molar-refractivity contribution is 0.387. The molecule has 0 bridgehead atoms. The standard InChI is InChI=1S/C19H22ClN/c1-2-11-21-19-16(12-14-7-9-17(20)10-8-14)13-15-5-3-4-6-18(15)19/h3-10,16,19,21H,2,11-13H2,1H3. The third-order valence-electron chi connectivity index (χ3n) is 4.37. The van der Waals surface area contributed by atoms with E-state index in [0.29, 0.717) is 12.0 Å². The lowest BCUT2D eigenvalue weighted by atomic mass is 9.92. The van der Waals surface area contributed by atoms with Crippen molar-refractivity contribution in [1.29, 1.82) is 0 Å². The smallest absolute Gasteiger partial charge is 0.0406 e.